The van der Waals surface area contributed by atoms with Crippen molar-refractivity contribution >= 4 is 0 Å². The smallest absolute Gasteiger partial charge is 0.00792 e. The number of nitrogens with one attached hydrogen (secondary N) is 1. The summed E-state index contributed by atoms with van der Waals surface area (Å²) >= 11 is 0. The second kappa shape index (κ2) is 6.62. The van der Waals surface area contributed by atoms with E-state index in [9.17, 15) is 0 Å². The largest absolute Gasteiger partial charge is 0.314 e. The third-order valence-corrected chi connectivity index (χ3v) is 2.81. The van der Waals surface area contributed by atoms with Gasteiger partial charge >= 0.3 is 0 Å². The quantitative estimate of drug-likeness (QED) is 0.703. The fourth-order valence-corrected chi connectivity index (χ4v) is 1.77. The van der Waals surface area contributed by atoms with Crippen molar-refractivity contribution in [2.75, 3.05) is 6.54 Å². The topological polar surface area (TPSA) is 12.0 Å². The Balaban J connectivity index is 2.37. The standard InChI is InChI=1S/C14H23N/c1-4-5-10-15-13(3)11-14-9-7-6-8-12(14)2/h6-9,13,15H,4-5,10-11H2,1-3H3. The summed E-state index contributed by atoms with van der Waals surface area (Å²) in [6, 6.07) is 9.23. The molecule has 0 saturated carbocycles. The van der Waals surface area contributed by atoms with Gasteiger partial charge in [-0.2, -0.15) is 0 Å². The molecule has 0 aliphatic heterocycles. The van der Waals surface area contributed by atoms with Gasteiger partial charge in [-0.3, -0.25) is 0 Å². The van der Waals surface area contributed by atoms with Crippen molar-refractivity contribution in [3.05, 3.63) is 35.4 Å². The summed E-state index contributed by atoms with van der Waals surface area (Å²) in [5.74, 6) is 0. The van der Waals surface area contributed by atoms with Crippen LogP contribution in [-0.2, 0) is 6.42 Å². The van der Waals surface area contributed by atoms with E-state index in [0.717, 1.165) is 13.0 Å². The fraction of sp³-hybridized carbons (Fsp3) is 0.571. The Hall–Kier alpha value is -0.820. The van der Waals surface area contributed by atoms with E-state index >= 15 is 0 Å². The lowest BCUT2D eigenvalue weighted by atomic mass is 10.0. The summed E-state index contributed by atoms with van der Waals surface area (Å²) in [6.07, 6.45) is 3.68. The van der Waals surface area contributed by atoms with Crippen LogP contribution in [0.4, 0.5) is 0 Å². The van der Waals surface area contributed by atoms with E-state index in [1.165, 1.54) is 24.0 Å². The average molecular weight is 205 g/mol. The molecule has 0 aromatic heterocycles. The van der Waals surface area contributed by atoms with Gasteiger partial charge in [-0.1, -0.05) is 37.6 Å². The molecule has 0 fully saturated rings. The first-order chi connectivity index (χ1) is 7.24. The van der Waals surface area contributed by atoms with Crippen molar-refractivity contribution in [1.82, 2.24) is 5.32 Å². The Kier molecular flexibility index (Phi) is 5.41. The van der Waals surface area contributed by atoms with E-state index in [-0.39, 0.29) is 0 Å². The van der Waals surface area contributed by atoms with E-state index < -0.39 is 0 Å². The van der Waals surface area contributed by atoms with Gasteiger partial charge in [-0.05, 0) is 44.4 Å². The van der Waals surface area contributed by atoms with E-state index in [1.54, 1.807) is 0 Å². The maximum atomic E-state index is 3.56. The van der Waals surface area contributed by atoms with Crippen LogP contribution in [0.2, 0.25) is 0 Å². The van der Waals surface area contributed by atoms with Gasteiger partial charge in [0.15, 0.2) is 0 Å². The van der Waals surface area contributed by atoms with Gasteiger partial charge in [0.1, 0.15) is 0 Å². The summed E-state index contributed by atoms with van der Waals surface area (Å²) in [6.45, 7) is 7.83. The molecule has 1 nitrogen and oxygen atoms in total. The highest BCUT2D eigenvalue weighted by Gasteiger charge is 2.03. The lowest BCUT2D eigenvalue weighted by Gasteiger charge is -2.14. The summed E-state index contributed by atoms with van der Waals surface area (Å²) in [7, 11) is 0. The van der Waals surface area contributed by atoms with Crippen molar-refractivity contribution in [1.29, 1.82) is 0 Å². The molecule has 1 heteroatoms. The zero-order chi connectivity index (χ0) is 11.1. The maximum absolute atomic E-state index is 3.56. The SMILES string of the molecule is CCCCNC(C)Cc1ccccc1C. The first-order valence-electron chi connectivity index (χ1n) is 6.02. The van der Waals surface area contributed by atoms with Crippen LogP contribution < -0.4 is 5.32 Å². The first-order valence-corrected chi connectivity index (χ1v) is 6.02. The molecule has 0 bridgehead atoms. The number of aryl methyl sites for hydroxylation is 1. The van der Waals surface area contributed by atoms with Crippen molar-refractivity contribution in [3.8, 4) is 0 Å². The maximum Gasteiger partial charge on any atom is 0.00792 e. The minimum atomic E-state index is 0.581. The molecule has 1 aromatic carbocycles. The zero-order valence-corrected chi connectivity index (χ0v) is 10.2. The molecule has 0 spiro atoms. The Bertz CT molecular complexity index is 280. The van der Waals surface area contributed by atoms with E-state index in [4.69, 9.17) is 0 Å². The molecular weight excluding hydrogens is 182 g/mol. The van der Waals surface area contributed by atoms with E-state index in [2.05, 4.69) is 50.4 Å². The predicted octanol–water partition coefficient (Wildman–Crippen LogP) is 3.32. The fourth-order valence-electron chi connectivity index (χ4n) is 1.77. The molecule has 0 aliphatic rings. The van der Waals surface area contributed by atoms with Gasteiger partial charge in [-0.15, -0.1) is 0 Å². The van der Waals surface area contributed by atoms with Gasteiger partial charge < -0.3 is 5.32 Å². The number of hydrogen-bond donors (Lipinski definition) is 1. The van der Waals surface area contributed by atoms with Crippen LogP contribution in [0, 0.1) is 6.92 Å². The third kappa shape index (κ3) is 4.48. The zero-order valence-electron chi connectivity index (χ0n) is 10.2. The van der Waals surface area contributed by atoms with Crippen LogP contribution in [0.3, 0.4) is 0 Å². The molecule has 0 heterocycles. The van der Waals surface area contributed by atoms with Gasteiger partial charge in [-0.25, -0.2) is 0 Å². The molecule has 15 heavy (non-hydrogen) atoms. The molecule has 1 aromatic rings. The molecule has 1 N–H and O–H groups in total. The van der Waals surface area contributed by atoms with Crippen LogP contribution in [-0.4, -0.2) is 12.6 Å². The second-order valence-corrected chi connectivity index (χ2v) is 4.34. The van der Waals surface area contributed by atoms with Crippen LogP contribution >= 0.6 is 0 Å². The van der Waals surface area contributed by atoms with Crippen LogP contribution in [0.5, 0.6) is 0 Å². The van der Waals surface area contributed by atoms with E-state index in [0.29, 0.717) is 6.04 Å². The Morgan fingerprint density at radius 3 is 2.67 bits per heavy atom. The highest BCUT2D eigenvalue weighted by atomic mass is 14.9. The summed E-state index contributed by atoms with van der Waals surface area (Å²) < 4.78 is 0. The number of benzene rings is 1. The molecular formula is C14H23N. The first kappa shape index (κ1) is 12.3. The Morgan fingerprint density at radius 1 is 1.27 bits per heavy atom. The van der Waals surface area contributed by atoms with Crippen molar-refractivity contribution in [2.45, 2.75) is 46.1 Å². The normalized spacial score (nSPS) is 12.7. The molecule has 0 aliphatic carbocycles. The van der Waals surface area contributed by atoms with Gasteiger partial charge in [0.2, 0.25) is 0 Å². The van der Waals surface area contributed by atoms with Gasteiger partial charge in [0, 0.05) is 6.04 Å². The summed E-state index contributed by atoms with van der Waals surface area (Å²) in [5, 5.41) is 3.56. The molecule has 0 saturated heterocycles. The highest BCUT2D eigenvalue weighted by molar-refractivity contribution is 5.26. The third-order valence-electron chi connectivity index (χ3n) is 2.81. The second-order valence-electron chi connectivity index (χ2n) is 4.34. The summed E-state index contributed by atoms with van der Waals surface area (Å²) in [4.78, 5) is 0. The lowest BCUT2D eigenvalue weighted by Crippen LogP contribution is -2.29. The van der Waals surface area contributed by atoms with Crippen LogP contribution in [0.25, 0.3) is 0 Å². The van der Waals surface area contributed by atoms with Crippen LogP contribution in [0.1, 0.15) is 37.8 Å². The lowest BCUT2D eigenvalue weighted by molar-refractivity contribution is 0.530. The number of rotatable bonds is 6. The Labute approximate surface area is 93.9 Å². The minimum Gasteiger partial charge on any atom is -0.314 e. The van der Waals surface area contributed by atoms with Crippen molar-refractivity contribution in [3.63, 3.8) is 0 Å². The van der Waals surface area contributed by atoms with Crippen LogP contribution in [0.15, 0.2) is 24.3 Å². The predicted molar refractivity (Wildman–Crippen MR) is 67.3 cm³/mol. The molecule has 1 rings (SSSR count). The average Bonchev–Trinajstić information content (AvgIpc) is 2.22. The van der Waals surface area contributed by atoms with Gasteiger partial charge in [0.25, 0.3) is 0 Å². The van der Waals surface area contributed by atoms with E-state index in [1.807, 2.05) is 0 Å². The molecule has 1 atom stereocenters. The molecule has 84 valence electrons. The molecule has 1 unspecified atom stereocenters. The monoisotopic (exact) mass is 205 g/mol. The van der Waals surface area contributed by atoms with Crippen molar-refractivity contribution < 1.29 is 0 Å². The number of hydrogen-bond acceptors (Lipinski definition) is 1. The highest BCUT2D eigenvalue weighted by Crippen LogP contribution is 2.09. The minimum absolute atomic E-state index is 0.581. The number of unbranched alkanes of at least 4 members (excludes halogenated alkanes) is 1. The Morgan fingerprint density at radius 2 is 2.00 bits per heavy atom. The molecule has 0 radical (unpaired) electrons. The van der Waals surface area contributed by atoms with Gasteiger partial charge in [0.05, 0.1) is 0 Å². The van der Waals surface area contributed by atoms with Crippen molar-refractivity contribution in [2.24, 2.45) is 0 Å². The summed E-state index contributed by atoms with van der Waals surface area (Å²) in [5.41, 5.74) is 2.87. The molecule has 0 amide bonds.